The van der Waals surface area contributed by atoms with Gasteiger partial charge in [0.1, 0.15) is 12.0 Å². The standard InChI is InChI=1S/C9H9BrO3/c1-2-12-9(11)4-3-8-5-7(10)6-13-8/h3-6H,2H2,1H3/b4-3-. The molecule has 0 fully saturated rings. The minimum atomic E-state index is -0.366. The Balaban J connectivity index is 2.53. The van der Waals surface area contributed by atoms with Gasteiger partial charge in [-0.15, -0.1) is 0 Å². The molecule has 0 unspecified atom stereocenters. The molecular formula is C9H9BrO3. The molecule has 0 spiro atoms. The molecular weight excluding hydrogens is 236 g/mol. The van der Waals surface area contributed by atoms with Gasteiger partial charge in [0.25, 0.3) is 0 Å². The molecule has 1 rings (SSSR count). The molecule has 0 saturated carbocycles. The van der Waals surface area contributed by atoms with Crippen molar-refractivity contribution >= 4 is 28.0 Å². The van der Waals surface area contributed by atoms with Gasteiger partial charge in [-0.1, -0.05) is 0 Å². The zero-order valence-corrected chi connectivity index (χ0v) is 8.71. The topological polar surface area (TPSA) is 39.4 Å². The van der Waals surface area contributed by atoms with Crippen LogP contribution in [-0.4, -0.2) is 12.6 Å². The van der Waals surface area contributed by atoms with Crippen molar-refractivity contribution in [1.29, 1.82) is 0 Å². The third kappa shape index (κ3) is 3.46. The van der Waals surface area contributed by atoms with Crippen molar-refractivity contribution in [1.82, 2.24) is 0 Å². The van der Waals surface area contributed by atoms with E-state index in [-0.39, 0.29) is 5.97 Å². The summed E-state index contributed by atoms with van der Waals surface area (Å²) in [5.41, 5.74) is 0. The summed E-state index contributed by atoms with van der Waals surface area (Å²) in [6, 6.07) is 1.76. The zero-order chi connectivity index (χ0) is 9.68. The molecule has 1 aromatic heterocycles. The van der Waals surface area contributed by atoms with Crippen molar-refractivity contribution in [3.05, 3.63) is 28.6 Å². The van der Waals surface area contributed by atoms with E-state index >= 15 is 0 Å². The number of carbonyl (C=O) groups is 1. The summed E-state index contributed by atoms with van der Waals surface area (Å²) >= 11 is 3.23. The van der Waals surface area contributed by atoms with Gasteiger partial charge in [-0.25, -0.2) is 4.79 Å². The Morgan fingerprint density at radius 1 is 1.77 bits per heavy atom. The average molecular weight is 245 g/mol. The minimum absolute atomic E-state index is 0.366. The van der Waals surface area contributed by atoms with Crippen molar-refractivity contribution in [3.8, 4) is 0 Å². The van der Waals surface area contributed by atoms with Crippen LogP contribution >= 0.6 is 15.9 Å². The first kappa shape index (κ1) is 10.1. The van der Waals surface area contributed by atoms with Crippen LogP contribution in [-0.2, 0) is 9.53 Å². The van der Waals surface area contributed by atoms with Crippen LogP contribution in [0.15, 0.2) is 27.3 Å². The number of furan rings is 1. The average Bonchev–Trinajstić information content (AvgIpc) is 2.49. The quantitative estimate of drug-likeness (QED) is 0.607. The van der Waals surface area contributed by atoms with E-state index in [1.165, 1.54) is 6.08 Å². The molecule has 0 radical (unpaired) electrons. The maximum Gasteiger partial charge on any atom is 0.330 e. The Bertz CT molecular complexity index is 314. The molecule has 0 aliphatic heterocycles. The molecule has 0 bridgehead atoms. The van der Waals surface area contributed by atoms with Crippen LogP contribution in [0.5, 0.6) is 0 Å². The predicted molar refractivity (Wildman–Crippen MR) is 52.1 cm³/mol. The molecule has 1 aromatic rings. The lowest BCUT2D eigenvalue weighted by Gasteiger charge is -1.92. The molecule has 0 atom stereocenters. The Labute approximate surface area is 84.5 Å². The first-order chi connectivity index (χ1) is 6.22. The fourth-order valence-electron chi connectivity index (χ4n) is 0.756. The van der Waals surface area contributed by atoms with Gasteiger partial charge in [-0.2, -0.15) is 0 Å². The summed E-state index contributed by atoms with van der Waals surface area (Å²) in [5.74, 6) is 0.245. The molecule has 0 amide bonds. The third-order valence-corrected chi connectivity index (χ3v) is 1.67. The molecule has 1 heterocycles. The largest absolute Gasteiger partial charge is 0.464 e. The van der Waals surface area contributed by atoms with Crippen LogP contribution in [0.3, 0.4) is 0 Å². The number of halogens is 1. The van der Waals surface area contributed by atoms with E-state index in [1.54, 1.807) is 25.3 Å². The lowest BCUT2D eigenvalue weighted by atomic mass is 10.4. The van der Waals surface area contributed by atoms with Crippen molar-refractivity contribution in [3.63, 3.8) is 0 Å². The van der Waals surface area contributed by atoms with E-state index < -0.39 is 0 Å². The Kier molecular flexibility index (Phi) is 3.76. The number of rotatable bonds is 3. The van der Waals surface area contributed by atoms with Crippen molar-refractivity contribution in [2.75, 3.05) is 6.61 Å². The highest BCUT2D eigenvalue weighted by Gasteiger charge is 1.97. The van der Waals surface area contributed by atoms with E-state index in [0.29, 0.717) is 12.4 Å². The van der Waals surface area contributed by atoms with Crippen LogP contribution in [0, 0.1) is 0 Å². The molecule has 4 heteroatoms. The van der Waals surface area contributed by atoms with E-state index in [1.807, 2.05) is 0 Å². The lowest BCUT2D eigenvalue weighted by molar-refractivity contribution is -0.137. The summed E-state index contributed by atoms with van der Waals surface area (Å²) in [6.07, 6.45) is 4.43. The monoisotopic (exact) mass is 244 g/mol. The maximum absolute atomic E-state index is 10.9. The van der Waals surface area contributed by atoms with Crippen molar-refractivity contribution in [2.45, 2.75) is 6.92 Å². The van der Waals surface area contributed by atoms with Gasteiger partial charge in [0.15, 0.2) is 0 Å². The van der Waals surface area contributed by atoms with E-state index in [2.05, 4.69) is 15.9 Å². The molecule has 0 aromatic carbocycles. The molecule has 70 valence electrons. The second kappa shape index (κ2) is 4.87. The highest BCUT2D eigenvalue weighted by Crippen LogP contribution is 2.14. The predicted octanol–water partition coefficient (Wildman–Crippen LogP) is 2.62. The molecule has 0 aliphatic carbocycles. The van der Waals surface area contributed by atoms with Gasteiger partial charge in [-0.05, 0) is 35.0 Å². The first-order valence-electron chi connectivity index (χ1n) is 3.81. The number of hydrogen-bond acceptors (Lipinski definition) is 3. The minimum Gasteiger partial charge on any atom is -0.464 e. The number of carbonyl (C=O) groups excluding carboxylic acids is 1. The summed E-state index contributed by atoms with van der Waals surface area (Å²) < 4.78 is 10.6. The molecule has 0 N–H and O–H groups in total. The molecule has 13 heavy (non-hydrogen) atoms. The molecule has 0 aliphatic rings. The summed E-state index contributed by atoms with van der Waals surface area (Å²) in [7, 11) is 0. The number of hydrogen-bond donors (Lipinski definition) is 0. The highest BCUT2D eigenvalue weighted by molar-refractivity contribution is 9.10. The van der Waals surface area contributed by atoms with E-state index in [0.717, 1.165) is 4.47 Å². The second-order valence-electron chi connectivity index (χ2n) is 2.25. The van der Waals surface area contributed by atoms with Crippen molar-refractivity contribution < 1.29 is 13.9 Å². The van der Waals surface area contributed by atoms with Crippen LogP contribution in [0.25, 0.3) is 6.08 Å². The summed E-state index contributed by atoms with van der Waals surface area (Å²) in [6.45, 7) is 2.14. The van der Waals surface area contributed by atoms with Crippen molar-refractivity contribution in [2.24, 2.45) is 0 Å². The van der Waals surface area contributed by atoms with E-state index in [9.17, 15) is 4.79 Å². The van der Waals surface area contributed by atoms with Crippen LogP contribution in [0.4, 0.5) is 0 Å². The Morgan fingerprint density at radius 2 is 2.54 bits per heavy atom. The maximum atomic E-state index is 10.9. The van der Waals surface area contributed by atoms with Gasteiger partial charge >= 0.3 is 5.97 Å². The van der Waals surface area contributed by atoms with Gasteiger partial charge in [0.2, 0.25) is 0 Å². The van der Waals surface area contributed by atoms with E-state index in [4.69, 9.17) is 9.15 Å². The normalized spacial score (nSPS) is 10.6. The van der Waals surface area contributed by atoms with Gasteiger partial charge in [0.05, 0.1) is 11.1 Å². The summed E-state index contributed by atoms with van der Waals surface area (Å²) in [5, 5.41) is 0. The zero-order valence-electron chi connectivity index (χ0n) is 7.12. The van der Waals surface area contributed by atoms with Crippen LogP contribution < -0.4 is 0 Å². The number of esters is 1. The lowest BCUT2D eigenvalue weighted by Crippen LogP contribution is -1.98. The smallest absolute Gasteiger partial charge is 0.330 e. The SMILES string of the molecule is CCOC(=O)/C=C\c1cc(Br)co1. The summed E-state index contributed by atoms with van der Waals surface area (Å²) in [4.78, 5) is 10.9. The van der Waals surface area contributed by atoms with Gasteiger partial charge < -0.3 is 9.15 Å². The van der Waals surface area contributed by atoms with Gasteiger partial charge in [0, 0.05) is 6.08 Å². The van der Waals surface area contributed by atoms with Gasteiger partial charge in [-0.3, -0.25) is 0 Å². The molecule has 3 nitrogen and oxygen atoms in total. The Morgan fingerprint density at radius 3 is 3.08 bits per heavy atom. The molecule has 0 saturated heterocycles. The second-order valence-corrected chi connectivity index (χ2v) is 3.17. The first-order valence-corrected chi connectivity index (χ1v) is 4.60. The third-order valence-electron chi connectivity index (χ3n) is 1.26. The highest BCUT2D eigenvalue weighted by atomic mass is 79.9. The fraction of sp³-hybridized carbons (Fsp3) is 0.222. The van der Waals surface area contributed by atoms with Crippen LogP contribution in [0.1, 0.15) is 12.7 Å². The fourth-order valence-corrected chi connectivity index (χ4v) is 1.08. The van der Waals surface area contributed by atoms with Crippen LogP contribution in [0.2, 0.25) is 0 Å². The Hall–Kier alpha value is -1.03. The number of ether oxygens (including phenoxy) is 1.